The van der Waals surface area contributed by atoms with Crippen molar-refractivity contribution in [3.63, 3.8) is 0 Å². The molecule has 0 aliphatic rings. The van der Waals surface area contributed by atoms with Crippen LogP contribution < -0.4 is 0 Å². The van der Waals surface area contributed by atoms with Gasteiger partial charge in [-0.15, -0.1) is 0 Å². The van der Waals surface area contributed by atoms with Crippen molar-refractivity contribution in [2.75, 3.05) is 0 Å². The Morgan fingerprint density at radius 3 is 1.90 bits per heavy atom. The molecule has 12 rings (SSSR count). The molecule has 0 N–H and O–H groups in total. The molecule has 0 radical (unpaired) electrons. The molecule has 0 amide bonds. The lowest BCUT2D eigenvalue weighted by atomic mass is 9.87. The fraction of sp³-hybridized carbons (Fsp3) is 0.0714. The number of rotatable bonds is 5. The molecule has 4 aromatic heterocycles. The van der Waals surface area contributed by atoms with Gasteiger partial charge in [-0.1, -0.05) is 142 Å². The van der Waals surface area contributed by atoms with Crippen LogP contribution in [0.25, 0.3) is 111 Å². The van der Waals surface area contributed by atoms with Crippen LogP contribution in [0, 0.1) is 0 Å². The number of para-hydroxylation sites is 4. The van der Waals surface area contributed by atoms with Crippen molar-refractivity contribution in [3.8, 4) is 45.1 Å². The van der Waals surface area contributed by atoms with E-state index in [4.69, 9.17) is 14.4 Å². The van der Waals surface area contributed by atoms with Crippen molar-refractivity contribution in [2.24, 2.45) is 0 Å². The molecule has 5 nitrogen and oxygen atoms in total. The van der Waals surface area contributed by atoms with E-state index >= 15 is 0 Å². The summed E-state index contributed by atoms with van der Waals surface area (Å²) < 4.78 is 11.0. The standard InChI is InChI=1S/C56H40N4O/c1-56(2,3)39-24-26-40(27-25-39)59-49-19-7-4-14-42(49)44-28-22-36(34-52(44)59)35-23-29-51-47(33-35)43-15-5-8-20-50(43)60(51)55-57-31-30-48(58-55)38-13-10-12-37(32-38)41-17-11-18-46-45-16-6-9-21-53(45)61-54(41)46/h4-34H,1-3H3. The zero-order chi connectivity index (χ0) is 40.8. The predicted octanol–water partition coefficient (Wildman–Crippen LogP) is 14.9. The van der Waals surface area contributed by atoms with Gasteiger partial charge in [0.1, 0.15) is 11.2 Å². The number of fused-ring (bicyclic) bond motifs is 9. The van der Waals surface area contributed by atoms with Gasteiger partial charge in [0.2, 0.25) is 5.95 Å². The fourth-order valence-corrected chi connectivity index (χ4v) is 9.34. The summed E-state index contributed by atoms with van der Waals surface area (Å²) in [5.74, 6) is 0.629. The van der Waals surface area contributed by atoms with Crippen LogP contribution in [0.3, 0.4) is 0 Å². The first kappa shape index (κ1) is 35.2. The lowest BCUT2D eigenvalue weighted by Gasteiger charge is -2.19. The second kappa shape index (κ2) is 13.4. The normalized spacial score (nSPS) is 12.2. The molecule has 0 unspecified atom stereocenters. The van der Waals surface area contributed by atoms with E-state index in [0.29, 0.717) is 5.95 Å². The summed E-state index contributed by atoms with van der Waals surface area (Å²) in [6, 6.07) is 65.1. The van der Waals surface area contributed by atoms with Gasteiger partial charge in [0.15, 0.2) is 0 Å². The van der Waals surface area contributed by atoms with Crippen LogP contribution in [0.1, 0.15) is 26.3 Å². The highest BCUT2D eigenvalue weighted by Crippen LogP contribution is 2.40. The summed E-state index contributed by atoms with van der Waals surface area (Å²) in [5.41, 5.74) is 15.2. The monoisotopic (exact) mass is 784 g/mol. The molecule has 0 bridgehead atoms. The Morgan fingerprint density at radius 1 is 0.443 bits per heavy atom. The highest BCUT2D eigenvalue weighted by atomic mass is 16.3. The first-order valence-electron chi connectivity index (χ1n) is 20.9. The van der Waals surface area contributed by atoms with Gasteiger partial charge < -0.3 is 8.98 Å². The van der Waals surface area contributed by atoms with E-state index in [1.54, 1.807) is 0 Å². The highest BCUT2D eigenvalue weighted by Gasteiger charge is 2.19. The van der Waals surface area contributed by atoms with Gasteiger partial charge in [0.05, 0.1) is 27.8 Å². The van der Waals surface area contributed by atoms with Gasteiger partial charge in [0.25, 0.3) is 0 Å². The molecule has 8 aromatic carbocycles. The van der Waals surface area contributed by atoms with E-state index in [1.165, 1.54) is 27.4 Å². The number of hydrogen-bond acceptors (Lipinski definition) is 3. The van der Waals surface area contributed by atoms with E-state index in [2.05, 4.69) is 194 Å². The van der Waals surface area contributed by atoms with Crippen LogP contribution >= 0.6 is 0 Å². The number of aromatic nitrogens is 4. The quantitative estimate of drug-likeness (QED) is 0.175. The minimum absolute atomic E-state index is 0.0859. The van der Waals surface area contributed by atoms with Crippen molar-refractivity contribution in [1.82, 2.24) is 19.1 Å². The van der Waals surface area contributed by atoms with Crippen LogP contribution in [0.15, 0.2) is 193 Å². The number of hydrogen-bond donors (Lipinski definition) is 0. The third-order valence-corrected chi connectivity index (χ3v) is 12.4. The maximum absolute atomic E-state index is 6.41. The van der Waals surface area contributed by atoms with E-state index in [-0.39, 0.29) is 5.41 Å². The third kappa shape index (κ3) is 5.62. The van der Waals surface area contributed by atoms with E-state index in [1.807, 2.05) is 24.4 Å². The van der Waals surface area contributed by atoms with Crippen LogP contribution in [-0.2, 0) is 5.41 Å². The summed E-state index contributed by atoms with van der Waals surface area (Å²) >= 11 is 0. The molecule has 0 saturated heterocycles. The molecule has 5 heteroatoms. The average molecular weight is 785 g/mol. The van der Waals surface area contributed by atoms with Crippen molar-refractivity contribution in [3.05, 3.63) is 194 Å². The van der Waals surface area contributed by atoms with Crippen LogP contribution in [0.5, 0.6) is 0 Å². The molecule has 12 aromatic rings. The van der Waals surface area contributed by atoms with Crippen LogP contribution in [0.4, 0.5) is 0 Å². The van der Waals surface area contributed by atoms with Crippen molar-refractivity contribution < 1.29 is 4.42 Å². The minimum atomic E-state index is 0.0859. The smallest absolute Gasteiger partial charge is 0.235 e. The Kier molecular flexibility index (Phi) is 7.72. The molecular formula is C56H40N4O. The Hall–Kier alpha value is -7.76. The topological polar surface area (TPSA) is 48.8 Å². The average Bonchev–Trinajstić information content (AvgIpc) is 3.96. The lowest BCUT2D eigenvalue weighted by Crippen LogP contribution is -2.10. The van der Waals surface area contributed by atoms with E-state index in [9.17, 15) is 0 Å². The molecule has 0 saturated carbocycles. The van der Waals surface area contributed by atoms with Gasteiger partial charge in [0, 0.05) is 55.3 Å². The summed E-state index contributed by atoms with van der Waals surface area (Å²) in [6.45, 7) is 6.79. The predicted molar refractivity (Wildman–Crippen MR) is 253 cm³/mol. The summed E-state index contributed by atoms with van der Waals surface area (Å²) in [6.07, 6.45) is 1.87. The fourth-order valence-electron chi connectivity index (χ4n) is 9.34. The van der Waals surface area contributed by atoms with E-state index in [0.717, 1.165) is 82.9 Å². The van der Waals surface area contributed by atoms with Crippen LogP contribution in [-0.4, -0.2) is 19.1 Å². The van der Waals surface area contributed by atoms with Crippen molar-refractivity contribution >= 4 is 65.6 Å². The summed E-state index contributed by atoms with van der Waals surface area (Å²) in [4.78, 5) is 10.1. The zero-order valence-electron chi connectivity index (χ0n) is 34.1. The molecule has 0 aliphatic carbocycles. The largest absolute Gasteiger partial charge is 0.455 e. The molecule has 0 fully saturated rings. The Balaban J connectivity index is 0.959. The molecular weight excluding hydrogens is 745 g/mol. The maximum atomic E-state index is 6.41. The number of nitrogens with zero attached hydrogens (tertiary/aromatic N) is 4. The van der Waals surface area contributed by atoms with E-state index < -0.39 is 0 Å². The van der Waals surface area contributed by atoms with Gasteiger partial charge >= 0.3 is 0 Å². The molecule has 0 spiro atoms. The van der Waals surface area contributed by atoms with Gasteiger partial charge in [-0.05, 0) is 88.3 Å². The molecule has 290 valence electrons. The lowest BCUT2D eigenvalue weighted by molar-refractivity contribution is 0.590. The zero-order valence-corrected chi connectivity index (χ0v) is 34.1. The number of furan rings is 1. The molecule has 0 atom stereocenters. The van der Waals surface area contributed by atoms with Crippen molar-refractivity contribution in [2.45, 2.75) is 26.2 Å². The number of benzene rings is 8. The Labute approximate surface area is 352 Å². The van der Waals surface area contributed by atoms with Gasteiger partial charge in [-0.3, -0.25) is 4.57 Å². The summed E-state index contributed by atoms with van der Waals surface area (Å²) in [7, 11) is 0. The second-order valence-electron chi connectivity index (χ2n) is 17.1. The first-order valence-corrected chi connectivity index (χ1v) is 20.9. The molecule has 4 heterocycles. The Morgan fingerprint density at radius 2 is 1.08 bits per heavy atom. The van der Waals surface area contributed by atoms with Gasteiger partial charge in [-0.2, -0.15) is 0 Å². The minimum Gasteiger partial charge on any atom is -0.455 e. The maximum Gasteiger partial charge on any atom is 0.235 e. The highest BCUT2D eigenvalue weighted by molar-refractivity contribution is 6.13. The molecule has 61 heavy (non-hydrogen) atoms. The second-order valence-corrected chi connectivity index (χ2v) is 17.1. The van der Waals surface area contributed by atoms with Crippen molar-refractivity contribution in [1.29, 1.82) is 0 Å². The SMILES string of the molecule is CC(C)(C)c1ccc(-n2c3ccccc3c3ccc(-c4ccc5c(c4)c4ccccc4n5-c4nccc(-c5cccc(-c6cccc7c6oc6ccccc67)c5)n4)cc32)cc1. The third-order valence-electron chi connectivity index (χ3n) is 12.4. The van der Waals surface area contributed by atoms with Gasteiger partial charge in [-0.25, -0.2) is 9.97 Å². The molecule has 0 aliphatic heterocycles. The van der Waals surface area contributed by atoms with Crippen LogP contribution in [0.2, 0.25) is 0 Å². The Bertz CT molecular complexity index is 3690. The first-order chi connectivity index (χ1) is 29.9. The summed E-state index contributed by atoms with van der Waals surface area (Å²) in [5, 5.41) is 7.04.